The molecule has 0 saturated carbocycles. The number of carbonyl (C=O) groups excluding carboxylic acids is 2. The number of rotatable bonds is 11. The maximum atomic E-state index is 13.6. The van der Waals surface area contributed by atoms with Gasteiger partial charge in [0.1, 0.15) is 11.8 Å². The van der Waals surface area contributed by atoms with E-state index in [1.165, 1.54) is 0 Å². The Bertz CT molecular complexity index is 1180. The molecule has 7 heteroatoms. The Hall–Kier alpha value is -3.02. The van der Waals surface area contributed by atoms with Gasteiger partial charge in [0, 0.05) is 29.6 Å². The Labute approximate surface area is 223 Å². The Balaban J connectivity index is 1.92. The van der Waals surface area contributed by atoms with Crippen LogP contribution >= 0.6 is 23.2 Å². The first-order valence-corrected chi connectivity index (χ1v) is 12.8. The van der Waals surface area contributed by atoms with E-state index in [1.807, 2.05) is 69.3 Å². The van der Waals surface area contributed by atoms with Crippen LogP contribution in [0.3, 0.4) is 0 Å². The van der Waals surface area contributed by atoms with E-state index in [2.05, 4.69) is 5.32 Å². The molecule has 3 rings (SSSR count). The molecule has 0 heterocycles. The second-order valence-corrected chi connectivity index (χ2v) is 9.63. The van der Waals surface area contributed by atoms with Crippen LogP contribution in [0.5, 0.6) is 5.75 Å². The van der Waals surface area contributed by atoms with Crippen LogP contribution in [0.1, 0.15) is 35.6 Å². The van der Waals surface area contributed by atoms with Crippen molar-refractivity contribution in [3.63, 3.8) is 0 Å². The van der Waals surface area contributed by atoms with E-state index in [-0.39, 0.29) is 25.0 Å². The zero-order valence-corrected chi connectivity index (χ0v) is 22.4. The number of aryl methyl sites for hydroxylation is 2. The first-order chi connectivity index (χ1) is 17.3. The van der Waals surface area contributed by atoms with Crippen LogP contribution in [-0.2, 0) is 22.6 Å². The maximum absolute atomic E-state index is 13.6. The van der Waals surface area contributed by atoms with Gasteiger partial charge in [0.15, 0.2) is 6.61 Å². The fraction of sp³-hybridized carbons (Fsp3) is 0.310. The summed E-state index contributed by atoms with van der Waals surface area (Å²) in [5.41, 5.74) is 3.86. The lowest BCUT2D eigenvalue weighted by Crippen LogP contribution is -2.51. The summed E-state index contributed by atoms with van der Waals surface area (Å²) >= 11 is 12.5. The van der Waals surface area contributed by atoms with E-state index >= 15 is 0 Å². The maximum Gasteiger partial charge on any atom is 0.261 e. The Morgan fingerprint density at radius 3 is 2.39 bits per heavy atom. The van der Waals surface area contributed by atoms with Crippen LogP contribution < -0.4 is 10.1 Å². The van der Waals surface area contributed by atoms with Crippen LogP contribution in [0, 0.1) is 13.8 Å². The van der Waals surface area contributed by atoms with Crippen molar-refractivity contribution in [2.24, 2.45) is 0 Å². The smallest absolute Gasteiger partial charge is 0.261 e. The van der Waals surface area contributed by atoms with Crippen LogP contribution in [-0.4, -0.2) is 35.9 Å². The highest BCUT2D eigenvalue weighted by molar-refractivity contribution is 6.35. The van der Waals surface area contributed by atoms with Gasteiger partial charge in [0.05, 0.1) is 0 Å². The van der Waals surface area contributed by atoms with Crippen molar-refractivity contribution in [2.45, 2.75) is 46.2 Å². The number of hydrogen-bond acceptors (Lipinski definition) is 3. The number of amides is 2. The van der Waals surface area contributed by atoms with Crippen molar-refractivity contribution < 1.29 is 14.3 Å². The summed E-state index contributed by atoms with van der Waals surface area (Å²) in [5, 5.41) is 3.89. The third kappa shape index (κ3) is 7.74. The van der Waals surface area contributed by atoms with Gasteiger partial charge in [-0.2, -0.15) is 0 Å². The highest BCUT2D eigenvalue weighted by atomic mass is 35.5. The van der Waals surface area contributed by atoms with Gasteiger partial charge in [-0.15, -0.1) is 0 Å². The molecule has 1 N–H and O–H groups in total. The fourth-order valence-corrected chi connectivity index (χ4v) is 4.25. The molecular weight excluding hydrogens is 495 g/mol. The average molecular weight is 527 g/mol. The van der Waals surface area contributed by atoms with E-state index in [0.29, 0.717) is 34.3 Å². The second-order valence-electron chi connectivity index (χ2n) is 8.79. The third-order valence-corrected chi connectivity index (χ3v) is 6.60. The lowest BCUT2D eigenvalue weighted by Gasteiger charge is -2.31. The molecule has 0 aromatic heterocycles. The minimum absolute atomic E-state index is 0.141. The van der Waals surface area contributed by atoms with Crippen LogP contribution in [0.25, 0.3) is 0 Å². The van der Waals surface area contributed by atoms with Crippen molar-refractivity contribution in [3.8, 4) is 5.75 Å². The number of carbonyl (C=O) groups is 2. The number of benzene rings is 3. The molecule has 0 bridgehead atoms. The minimum Gasteiger partial charge on any atom is -0.484 e. The molecule has 3 aromatic carbocycles. The molecule has 1 atom stereocenters. The first kappa shape index (κ1) is 27.6. The van der Waals surface area contributed by atoms with Gasteiger partial charge in [-0.3, -0.25) is 9.59 Å². The summed E-state index contributed by atoms with van der Waals surface area (Å²) < 4.78 is 5.86. The average Bonchev–Trinajstić information content (AvgIpc) is 2.87. The molecule has 0 saturated heterocycles. The summed E-state index contributed by atoms with van der Waals surface area (Å²) in [7, 11) is 0. The molecule has 0 aliphatic rings. The van der Waals surface area contributed by atoms with Gasteiger partial charge in [-0.05, 0) is 66.8 Å². The normalized spacial score (nSPS) is 11.6. The standard InChI is InChI=1S/C29H32Cl2N2O3/c1-4-14-32-29(35)27(16-22-8-6-5-7-9-22)33(18-23-11-12-24(30)17-26(23)31)28(34)19-36-25-13-10-20(2)21(3)15-25/h5-13,15,17,27H,4,14,16,18-19H2,1-3H3,(H,32,35)/t27-/m1/s1. The minimum atomic E-state index is -0.749. The van der Waals surface area contributed by atoms with E-state index in [1.54, 1.807) is 23.1 Å². The number of ether oxygens (including phenoxy) is 1. The summed E-state index contributed by atoms with van der Waals surface area (Å²) in [4.78, 5) is 28.5. The van der Waals surface area contributed by atoms with E-state index in [0.717, 1.165) is 23.1 Å². The van der Waals surface area contributed by atoms with E-state index < -0.39 is 6.04 Å². The molecule has 5 nitrogen and oxygen atoms in total. The molecule has 3 aromatic rings. The Kier molecular flexibility index (Phi) is 10.2. The van der Waals surface area contributed by atoms with Crippen LogP contribution in [0.15, 0.2) is 66.7 Å². The fourth-order valence-electron chi connectivity index (χ4n) is 3.79. The molecule has 2 amide bonds. The van der Waals surface area contributed by atoms with Crippen molar-refractivity contribution in [2.75, 3.05) is 13.2 Å². The number of nitrogens with one attached hydrogen (secondary N) is 1. The zero-order chi connectivity index (χ0) is 26.1. The quantitative estimate of drug-likeness (QED) is 0.325. The van der Waals surface area contributed by atoms with Crippen LogP contribution in [0.4, 0.5) is 0 Å². The highest BCUT2D eigenvalue weighted by Gasteiger charge is 2.31. The predicted octanol–water partition coefficient (Wildman–Crippen LogP) is 6.16. The lowest BCUT2D eigenvalue weighted by molar-refractivity contribution is -0.142. The summed E-state index contributed by atoms with van der Waals surface area (Å²) in [5.74, 6) is 0.0723. The molecule has 36 heavy (non-hydrogen) atoms. The van der Waals surface area contributed by atoms with Crippen LogP contribution in [0.2, 0.25) is 10.0 Å². The van der Waals surface area contributed by atoms with Crippen molar-refractivity contribution in [1.29, 1.82) is 0 Å². The summed E-state index contributed by atoms with van der Waals surface area (Å²) in [6.07, 6.45) is 1.15. The lowest BCUT2D eigenvalue weighted by atomic mass is 10.0. The molecule has 0 fully saturated rings. The van der Waals surface area contributed by atoms with E-state index in [9.17, 15) is 9.59 Å². The van der Waals surface area contributed by atoms with Gasteiger partial charge < -0.3 is 15.0 Å². The molecule has 190 valence electrons. The number of halogens is 2. The summed E-state index contributed by atoms with van der Waals surface area (Å²) in [6.45, 7) is 6.45. The molecule has 0 aliphatic carbocycles. The third-order valence-electron chi connectivity index (χ3n) is 6.02. The Morgan fingerprint density at radius 1 is 0.972 bits per heavy atom. The van der Waals surface area contributed by atoms with Crippen molar-refractivity contribution >= 4 is 35.0 Å². The SMILES string of the molecule is CCCNC(=O)[C@@H](Cc1ccccc1)N(Cc1ccc(Cl)cc1Cl)C(=O)COc1ccc(C)c(C)c1. The molecule has 0 unspecified atom stereocenters. The van der Waals surface area contributed by atoms with Gasteiger partial charge >= 0.3 is 0 Å². The zero-order valence-electron chi connectivity index (χ0n) is 20.9. The van der Waals surface area contributed by atoms with Gasteiger partial charge in [0.2, 0.25) is 5.91 Å². The van der Waals surface area contributed by atoms with Gasteiger partial charge in [-0.25, -0.2) is 0 Å². The molecule has 0 spiro atoms. The summed E-state index contributed by atoms with van der Waals surface area (Å²) in [6, 6.07) is 19.7. The topological polar surface area (TPSA) is 58.6 Å². The predicted molar refractivity (Wildman–Crippen MR) is 146 cm³/mol. The van der Waals surface area contributed by atoms with Crippen molar-refractivity contribution in [3.05, 3.63) is 99.0 Å². The molecular formula is C29H32Cl2N2O3. The van der Waals surface area contributed by atoms with E-state index in [4.69, 9.17) is 27.9 Å². The largest absolute Gasteiger partial charge is 0.484 e. The number of nitrogens with zero attached hydrogens (tertiary/aromatic N) is 1. The second kappa shape index (κ2) is 13.3. The molecule has 0 aliphatic heterocycles. The van der Waals surface area contributed by atoms with Gasteiger partial charge in [-0.1, -0.05) is 72.6 Å². The highest BCUT2D eigenvalue weighted by Crippen LogP contribution is 2.24. The number of hydrogen-bond donors (Lipinski definition) is 1. The first-order valence-electron chi connectivity index (χ1n) is 12.0. The van der Waals surface area contributed by atoms with Gasteiger partial charge in [0.25, 0.3) is 5.91 Å². The monoisotopic (exact) mass is 526 g/mol. The molecule has 0 radical (unpaired) electrons. The Morgan fingerprint density at radius 2 is 1.72 bits per heavy atom. The van der Waals surface area contributed by atoms with Crippen molar-refractivity contribution in [1.82, 2.24) is 10.2 Å².